The van der Waals surface area contributed by atoms with E-state index >= 15 is 0 Å². The van der Waals surface area contributed by atoms with Gasteiger partial charge < -0.3 is 10.8 Å². The molecular formula is C20H27BNO. The molecule has 2 rings (SSSR count). The third kappa shape index (κ3) is 4.24. The molecule has 0 aliphatic rings. The van der Waals surface area contributed by atoms with Gasteiger partial charge in [0, 0.05) is 6.04 Å². The molecule has 0 spiro atoms. The van der Waals surface area contributed by atoms with Gasteiger partial charge in [0.15, 0.2) is 7.28 Å². The summed E-state index contributed by atoms with van der Waals surface area (Å²) in [5, 5.41) is 10.1. The molecule has 1 atom stereocenters. The van der Waals surface area contributed by atoms with Crippen molar-refractivity contribution in [1.82, 2.24) is 0 Å². The Hall–Kier alpha value is -1.58. The van der Waals surface area contributed by atoms with Crippen LogP contribution in [0.5, 0.6) is 0 Å². The van der Waals surface area contributed by atoms with E-state index in [0.717, 1.165) is 16.6 Å². The fourth-order valence-corrected chi connectivity index (χ4v) is 2.41. The van der Waals surface area contributed by atoms with Gasteiger partial charge in [-0.3, -0.25) is 0 Å². The summed E-state index contributed by atoms with van der Waals surface area (Å²) in [5.41, 5.74) is 9.83. The molecule has 0 amide bonds. The summed E-state index contributed by atoms with van der Waals surface area (Å²) in [6.07, 6.45) is 0. The molecule has 0 heterocycles. The normalized spacial score (nSPS) is 13.7. The van der Waals surface area contributed by atoms with Gasteiger partial charge in [-0.25, -0.2) is 0 Å². The third-order valence-corrected chi connectivity index (χ3v) is 4.71. The highest BCUT2D eigenvalue weighted by molar-refractivity contribution is 6.57. The first-order valence-corrected chi connectivity index (χ1v) is 8.14. The molecule has 0 aliphatic heterocycles. The summed E-state index contributed by atoms with van der Waals surface area (Å²) in [7, 11) is 2.13. The Labute approximate surface area is 141 Å². The highest BCUT2D eigenvalue weighted by Gasteiger charge is 2.35. The van der Waals surface area contributed by atoms with Crippen LogP contribution in [0.2, 0.25) is 5.31 Å². The van der Waals surface area contributed by atoms with Crippen LogP contribution >= 0.6 is 0 Å². The predicted octanol–water partition coefficient (Wildman–Crippen LogP) is 3.67. The molecule has 3 N–H and O–H groups in total. The summed E-state index contributed by atoms with van der Waals surface area (Å²) in [6.45, 7) is 9.78. The maximum Gasteiger partial charge on any atom is 0.161 e. The minimum atomic E-state index is -0.801. The van der Waals surface area contributed by atoms with Crippen molar-refractivity contribution in [3.8, 4) is 11.1 Å². The van der Waals surface area contributed by atoms with Crippen molar-refractivity contribution in [2.24, 2.45) is 5.73 Å². The van der Waals surface area contributed by atoms with Crippen LogP contribution in [0.3, 0.4) is 0 Å². The van der Waals surface area contributed by atoms with E-state index in [0.29, 0.717) is 0 Å². The van der Waals surface area contributed by atoms with E-state index in [2.05, 4.69) is 37.6 Å². The number of hydrogen-bond donors (Lipinski definition) is 2. The second-order valence-electron chi connectivity index (χ2n) is 7.47. The van der Waals surface area contributed by atoms with Gasteiger partial charge in [0.05, 0.1) is 5.60 Å². The first-order chi connectivity index (χ1) is 10.6. The van der Waals surface area contributed by atoms with Gasteiger partial charge in [0.25, 0.3) is 0 Å². The average molecular weight is 308 g/mol. The lowest BCUT2D eigenvalue weighted by Crippen LogP contribution is -2.42. The van der Waals surface area contributed by atoms with Crippen molar-refractivity contribution in [2.75, 3.05) is 0 Å². The lowest BCUT2D eigenvalue weighted by molar-refractivity contribution is 0.0410. The van der Waals surface area contributed by atoms with E-state index in [9.17, 15) is 5.11 Å². The Balaban J connectivity index is 2.46. The first kappa shape index (κ1) is 17.8. The second-order valence-corrected chi connectivity index (χ2v) is 7.47. The Kier molecular flexibility index (Phi) is 5.03. The first-order valence-electron chi connectivity index (χ1n) is 8.14. The molecule has 1 unspecified atom stereocenters. The number of aliphatic hydroxyl groups is 1. The van der Waals surface area contributed by atoms with Gasteiger partial charge in [-0.1, -0.05) is 61.8 Å². The predicted molar refractivity (Wildman–Crippen MR) is 100 cm³/mol. The maximum absolute atomic E-state index is 10.4. The van der Waals surface area contributed by atoms with E-state index in [1.54, 1.807) is 0 Å². The average Bonchev–Trinajstić information content (AvgIpc) is 2.46. The van der Waals surface area contributed by atoms with Crippen LogP contribution in [0, 0.1) is 0 Å². The van der Waals surface area contributed by atoms with Gasteiger partial charge in [-0.15, -0.1) is 0 Å². The number of benzene rings is 2. The van der Waals surface area contributed by atoms with Gasteiger partial charge in [0.2, 0.25) is 0 Å². The van der Waals surface area contributed by atoms with Gasteiger partial charge in [-0.2, -0.15) is 0 Å². The Morgan fingerprint density at radius 3 is 2.09 bits per heavy atom. The van der Waals surface area contributed by atoms with Crippen LogP contribution in [0.25, 0.3) is 11.1 Å². The molecule has 0 aromatic heterocycles. The Morgan fingerprint density at radius 2 is 1.57 bits per heavy atom. The zero-order valence-electron chi connectivity index (χ0n) is 14.8. The summed E-state index contributed by atoms with van der Waals surface area (Å²) < 4.78 is 0. The SMILES string of the molecule is CC(N)c1cc([B]C(C)(C)C(C)(C)O)cc(-c2ccccc2)c1. The van der Waals surface area contributed by atoms with E-state index < -0.39 is 5.60 Å². The second kappa shape index (κ2) is 6.50. The standard InChI is InChI=1S/C20H27BNO/c1-14(22)16-11-17(15-9-7-6-8-10-15)13-18(12-16)21-19(2,3)20(4,5)23/h6-14,23H,22H2,1-5H3. The van der Waals surface area contributed by atoms with Crippen molar-refractivity contribution in [2.45, 2.75) is 51.6 Å². The summed E-state index contributed by atoms with van der Waals surface area (Å²) in [6, 6.07) is 16.7. The monoisotopic (exact) mass is 308 g/mol. The van der Waals surface area contributed by atoms with Crippen LogP contribution in [0.15, 0.2) is 48.5 Å². The molecule has 0 saturated heterocycles. The van der Waals surface area contributed by atoms with Crippen molar-refractivity contribution < 1.29 is 5.11 Å². The number of rotatable bonds is 5. The summed E-state index contributed by atoms with van der Waals surface area (Å²) >= 11 is 0. The van der Waals surface area contributed by atoms with Crippen LogP contribution < -0.4 is 11.2 Å². The van der Waals surface area contributed by atoms with E-state index in [1.165, 1.54) is 5.56 Å². The largest absolute Gasteiger partial charge is 0.391 e. The number of nitrogens with two attached hydrogens (primary N) is 1. The molecule has 2 aromatic rings. The molecule has 23 heavy (non-hydrogen) atoms. The highest BCUT2D eigenvalue weighted by Crippen LogP contribution is 2.36. The quantitative estimate of drug-likeness (QED) is 0.828. The van der Waals surface area contributed by atoms with E-state index in [1.807, 2.05) is 52.8 Å². The number of hydrogen-bond acceptors (Lipinski definition) is 2. The van der Waals surface area contributed by atoms with E-state index in [4.69, 9.17) is 5.73 Å². The summed E-state index contributed by atoms with van der Waals surface area (Å²) in [5.74, 6) is 0. The Bertz CT molecular complexity index is 657. The molecule has 1 radical (unpaired) electrons. The topological polar surface area (TPSA) is 46.2 Å². The molecule has 2 nitrogen and oxygen atoms in total. The zero-order valence-corrected chi connectivity index (χ0v) is 14.8. The van der Waals surface area contributed by atoms with Gasteiger partial charge >= 0.3 is 0 Å². The van der Waals surface area contributed by atoms with Crippen LogP contribution in [-0.2, 0) is 0 Å². The maximum atomic E-state index is 10.4. The van der Waals surface area contributed by atoms with Crippen molar-refractivity contribution >= 4 is 12.7 Å². The lowest BCUT2D eigenvalue weighted by atomic mass is 9.45. The van der Waals surface area contributed by atoms with E-state index in [-0.39, 0.29) is 11.4 Å². The molecule has 121 valence electrons. The van der Waals surface area contributed by atoms with Crippen LogP contribution in [0.1, 0.15) is 46.2 Å². The van der Waals surface area contributed by atoms with Crippen molar-refractivity contribution in [3.63, 3.8) is 0 Å². The zero-order chi connectivity index (χ0) is 17.3. The molecule has 0 saturated carbocycles. The van der Waals surface area contributed by atoms with Gasteiger partial charge in [-0.05, 0) is 48.8 Å². The van der Waals surface area contributed by atoms with Crippen molar-refractivity contribution in [3.05, 3.63) is 54.1 Å². The third-order valence-electron chi connectivity index (χ3n) is 4.71. The molecular weight excluding hydrogens is 281 g/mol. The molecule has 2 aromatic carbocycles. The summed E-state index contributed by atoms with van der Waals surface area (Å²) in [4.78, 5) is 0. The minimum Gasteiger partial charge on any atom is -0.391 e. The Morgan fingerprint density at radius 1 is 0.957 bits per heavy atom. The fraction of sp³-hybridized carbons (Fsp3) is 0.400. The highest BCUT2D eigenvalue weighted by atomic mass is 16.3. The van der Waals surface area contributed by atoms with Gasteiger partial charge in [0.1, 0.15) is 0 Å². The smallest absolute Gasteiger partial charge is 0.161 e. The molecule has 0 bridgehead atoms. The lowest BCUT2D eigenvalue weighted by Gasteiger charge is -2.37. The van der Waals surface area contributed by atoms with Crippen LogP contribution in [0.4, 0.5) is 0 Å². The molecule has 0 fully saturated rings. The van der Waals surface area contributed by atoms with Crippen LogP contribution in [-0.4, -0.2) is 18.0 Å². The minimum absolute atomic E-state index is 0.0314. The fourth-order valence-electron chi connectivity index (χ4n) is 2.41. The molecule has 3 heteroatoms. The van der Waals surface area contributed by atoms with Crippen molar-refractivity contribution in [1.29, 1.82) is 0 Å². The molecule has 0 aliphatic carbocycles.